The third-order valence-electron chi connectivity index (χ3n) is 4.85. The van der Waals surface area contributed by atoms with Crippen molar-refractivity contribution in [2.45, 2.75) is 37.0 Å². The fourth-order valence-corrected chi connectivity index (χ4v) is 4.05. The molecule has 1 saturated carbocycles. The van der Waals surface area contributed by atoms with E-state index in [2.05, 4.69) is 5.32 Å². The van der Waals surface area contributed by atoms with Crippen molar-refractivity contribution < 1.29 is 14.4 Å². The molecule has 1 N–H and O–H groups in total. The van der Waals surface area contributed by atoms with Crippen molar-refractivity contribution in [1.29, 1.82) is 0 Å². The van der Waals surface area contributed by atoms with E-state index in [9.17, 15) is 14.4 Å². The highest BCUT2D eigenvalue weighted by Crippen LogP contribution is 2.37. The van der Waals surface area contributed by atoms with E-state index >= 15 is 0 Å². The standard InChI is InChI=1S/C18H22N2O3S/c1-24-13-6-4-5-12(11-13)19-16(21)9-10-20-17(22)14-7-2-3-8-15(14)18(20)23/h4-6,11,14-15H,2-3,7-10H2,1H3,(H,19,21)/t14-,15+. The number of imide groups is 1. The minimum atomic E-state index is -0.177. The van der Waals surface area contributed by atoms with Gasteiger partial charge in [-0.2, -0.15) is 0 Å². The van der Waals surface area contributed by atoms with Crippen molar-refractivity contribution in [2.24, 2.45) is 11.8 Å². The van der Waals surface area contributed by atoms with Crippen LogP contribution in [0.4, 0.5) is 5.69 Å². The summed E-state index contributed by atoms with van der Waals surface area (Å²) in [5.41, 5.74) is 0.736. The fraction of sp³-hybridized carbons (Fsp3) is 0.500. The van der Waals surface area contributed by atoms with E-state index in [0.717, 1.165) is 36.3 Å². The Hall–Kier alpha value is -1.82. The normalized spacial score (nSPS) is 23.3. The predicted octanol–water partition coefficient (Wildman–Crippen LogP) is 2.91. The van der Waals surface area contributed by atoms with E-state index in [-0.39, 0.29) is 42.5 Å². The number of thioether (sulfide) groups is 1. The number of nitrogens with one attached hydrogen (secondary N) is 1. The average molecular weight is 346 g/mol. The van der Waals surface area contributed by atoms with Crippen molar-refractivity contribution in [2.75, 3.05) is 18.1 Å². The van der Waals surface area contributed by atoms with Crippen molar-refractivity contribution in [1.82, 2.24) is 4.90 Å². The van der Waals surface area contributed by atoms with Crippen LogP contribution in [0.2, 0.25) is 0 Å². The second kappa shape index (κ2) is 7.38. The number of nitrogens with zero attached hydrogens (tertiary/aromatic N) is 1. The topological polar surface area (TPSA) is 66.5 Å². The quantitative estimate of drug-likeness (QED) is 0.658. The molecule has 2 atom stereocenters. The van der Waals surface area contributed by atoms with E-state index < -0.39 is 0 Å². The van der Waals surface area contributed by atoms with Crippen molar-refractivity contribution in [3.63, 3.8) is 0 Å². The summed E-state index contributed by atoms with van der Waals surface area (Å²) in [6.45, 7) is 0.179. The maximum atomic E-state index is 12.4. The second-order valence-corrected chi connectivity index (χ2v) is 7.24. The first-order chi connectivity index (χ1) is 11.6. The minimum absolute atomic E-state index is 0.0816. The number of hydrogen-bond donors (Lipinski definition) is 1. The van der Waals surface area contributed by atoms with Crippen LogP contribution in [0.3, 0.4) is 0 Å². The lowest BCUT2D eigenvalue weighted by molar-refractivity contribution is -0.140. The molecule has 0 spiro atoms. The van der Waals surface area contributed by atoms with E-state index in [4.69, 9.17) is 0 Å². The van der Waals surface area contributed by atoms with Crippen LogP contribution in [-0.2, 0) is 14.4 Å². The first-order valence-corrected chi connectivity index (χ1v) is 9.62. The van der Waals surface area contributed by atoms with Gasteiger partial charge in [0, 0.05) is 23.5 Å². The van der Waals surface area contributed by atoms with E-state index in [1.54, 1.807) is 11.8 Å². The molecule has 128 valence electrons. The van der Waals surface area contributed by atoms with Gasteiger partial charge in [0.05, 0.1) is 11.8 Å². The summed E-state index contributed by atoms with van der Waals surface area (Å²) in [5, 5.41) is 2.83. The van der Waals surface area contributed by atoms with Crippen LogP contribution >= 0.6 is 11.8 Å². The molecule has 2 aliphatic rings. The van der Waals surface area contributed by atoms with Gasteiger partial charge in [-0.05, 0) is 37.3 Å². The smallest absolute Gasteiger partial charge is 0.233 e. The molecule has 6 heteroatoms. The number of amides is 3. The summed E-state index contributed by atoms with van der Waals surface area (Å²) in [6, 6.07) is 7.60. The van der Waals surface area contributed by atoms with Gasteiger partial charge >= 0.3 is 0 Å². The van der Waals surface area contributed by atoms with Gasteiger partial charge in [-0.25, -0.2) is 0 Å². The van der Waals surface area contributed by atoms with E-state index in [0.29, 0.717) is 0 Å². The van der Waals surface area contributed by atoms with Crippen molar-refractivity contribution >= 4 is 35.2 Å². The summed E-state index contributed by atoms with van der Waals surface area (Å²) in [6.07, 6.45) is 5.75. The molecule has 24 heavy (non-hydrogen) atoms. The van der Waals surface area contributed by atoms with Gasteiger partial charge in [0.1, 0.15) is 0 Å². The highest BCUT2D eigenvalue weighted by molar-refractivity contribution is 7.98. The molecule has 1 aromatic rings. The molecule has 2 fully saturated rings. The Morgan fingerprint density at radius 3 is 2.50 bits per heavy atom. The maximum absolute atomic E-state index is 12.4. The van der Waals surface area contributed by atoms with Crippen LogP contribution < -0.4 is 5.32 Å². The largest absolute Gasteiger partial charge is 0.326 e. The minimum Gasteiger partial charge on any atom is -0.326 e. The molecule has 0 aromatic heterocycles. The zero-order valence-electron chi connectivity index (χ0n) is 13.8. The molecule has 1 heterocycles. The van der Waals surface area contributed by atoms with Gasteiger partial charge in [0.2, 0.25) is 17.7 Å². The number of fused-ring (bicyclic) bond motifs is 1. The first-order valence-electron chi connectivity index (χ1n) is 8.39. The summed E-state index contributed by atoms with van der Waals surface area (Å²) < 4.78 is 0. The van der Waals surface area contributed by atoms with Gasteiger partial charge in [0.15, 0.2) is 0 Å². The van der Waals surface area contributed by atoms with Gasteiger partial charge in [0.25, 0.3) is 0 Å². The first kappa shape index (κ1) is 17.0. The summed E-state index contributed by atoms with van der Waals surface area (Å²) in [4.78, 5) is 39.3. The van der Waals surface area contributed by atoms with Crippen LogP contribution in [0.5, 0.6) is 0 Å². The number of carbonyl (C=O) groups excluding carboxylic acids is 3. The molecule has 1 aliphatic heterocycles. The average Bonchev–Trinajstić information content (AvgIpc) is 2.84. The highest BCUT2D eigenvalue weighted by atomic mass is 32.2. The Balaban J connectivity index is 1.56. The molecule has 1 saturated heterocycles. The Bertz CT molecular complexity index is 637. The van der Waals surface area contributed by atoms with Gasteiger partial charge in [-0.3, -0.25) is 19.3 Å². The lowest BCUT2D eigenvalue weighted by Gasteiger charge is -2.19. The van der Waals surface area contributed by atoms with Crippen LogP contribution in [0.15, 0.2) is 29.2 Å². The molecular weight excluding hydrogens is 324 g/mol. The third-order valence-corrected chi connectivity index (χ3v) is 5.57. The van der Waals surface area contributed by atoms with E-state index in [1.807, 2.05) is 30.5 Å². The number of benzene rings is 1. The molecular formula is C18H22N2O3S. The molecule has 3 rings (SSSR count). The predicted molar refractivity (Wildman–Crippen MR) is 93.6 cm³/mol. The Kier molecular flexibility index (Phi) is 5.23. The van der Waals surface area contributed by atoms with Gasteiger partial charge < -0.3 is 5.32 Å². The monoisotopic (exact) mass is 346 g/mol. The highest BCUT2D eigenvalue weighted by Gasteiger charge is 2.47. The number of carbonyl (C=O) groups is 3. The third kappa shape index (κ3) is 3.48. The fourth-order valence-electron chi connectivity index (χ4n) is 3.59. The van der Waals surface area contributed by atoms with Crippen LogP contribution in [0.25, 0.3) is 0 Å². The van der Waals surface area contributed by atoms with Crippen LogP contribution in [-0.4, -0.2) is 35.4 Å². The van der Waals surface area contributed by atoms with Gasteiger partial charge in [-0.15, -0.1) is 11.8 Å². The lowest BCUT2D eigenvalue weighted by atomic mass is 9.81. The Morgan fingerprint density at radius 2 is 1.88 bits per heavy atom. The summed E-state index contributed by atoms with van der Waals surface area (Å²) in [7, 11) is 0. The van der Waals surface area contributed by atoms with Crippen LogP contribution in [0.1, 0.15) is 32.1 Å². The zero-order chi connectivity index (χ0) is 17.1. The molecule has 1 aromatic carbocycles. The summed E-state index contributed by atoms with van der Waals surface area (Å²) >= 11 is 1.61. The lowest BCUT2D eigenvalue weighted by Crippen LogP contribution is -2.34. The molecule has 0 unspecified atom stereocenters. The molecule has 0 radical (unpaired) electrons. The number of hydrogen-bond acceptors (Lipinski definition) is 4. The summed E-state index contributed by atoms with van der Waals surface area (Å²) in [5.74, 6) is -0.632. The molecule has 0 bridgehead atoms. The maximum Gasteiger partial charge on any atom is 0.233 e. The SMILES string of the molecule is CSc1cccc(NC(=O)CCN2C(=O)[C@H]3CCCC[C@H]3C2=O)c1. The number of anilines is 1. The second-order valence-electron chi connectivity index (χ2n) is 6.36. The van der Waals surface area contributed by atoms with Crippen molar-refractivity contribution in [3.05, 3.63) is 24.3 Å². The molecule has 5 nitrogen and oxygen atoms in total. The molecule has 1 aliphatic carbocycles. The zero-order valence-corrected chi connectivity index (χ0v) is 14.6. The van der Waals surface area contributed by atoms with E-state index in [1.165, 1.54) is 4.90 Å². The van der Waals surface area contributed by atoms with Crippen LogP contribution in [0, 0.1) is 11.8 Å². The Labute approximate surface area is 146 Å². The molecule has 3 amide bonds. The number of likely N-dealkylation sites (tertiary alicyclic amines) is 1. The van der Waals surface area contributed by atoms with Gasteiger partial charge in [-0.1, -0.05) is 18.9 Å². The van der Waals surface area contributed by atoms with Crippen molar-refractivity contribution in [3.8, 4) is 0 Å². The number of rotatable bonds is 5. The Morgan fingerprint density at radius 1 is 1.21 bits per heavy atom.